The first kappa shape index (κ1) is 19.1. The van der Waals surface area contributed by atoms with Crippen LogP contribution in [0.4, 0.5) is 5.82 Å². The predicted octanol–water partition coefficient (Wildman–Crippen LogP) is 0.475. The molecule has 0 aromatic carbocycles. The van der Waals surface area contributed by atoms with E-state index in [9.17, 15) is 14.4 Å². The summed E-state index contributed by atoms with van der Waals surface area (Å²) < 4.78 is 14.3. The van der Waals surface area contributed by atoms with Crippen LogP contribution < -0.4 is 10.6 Å². The van der Waals surface area contributed by atoms with E-state index in [0.29, 0.717) is 5.76 Å². The summed E-state index contributed by atoms with van der Waals surface area (Å²) in [7, 11) is 1.23. The van der Waals surface area contributed by atoms with Gasteiger partial charge in [-0.1, -0.05) is 24.2 Å². The lowest BCUT2D eigenvalue weighted by atomic mass is 10.0. The van der Waals surface area contributed by atoms with Gasteiger partial charge in [0, 0.05) is 6.07 Å². The van der Waals surface area contributed by atoms with Crippen LogP contribution in [0.2, 0.25) is 0 Å². The van der Waals surface area contributed by atoms with Crippen LogP contribution in [-0.4, -0.2) is 46.2 Å². The fraction of sp³-hybridized carbons (Fsp3) is 0.467. The highest BCUT2D eigenvalue weighted by molar-refractivity contribution is 5.93. The molecule has 2 aromatic heterocycles. The number of amides is 2. The maximum absolute atomic E-state index is 12.1. The number of aryl methyl sites for hydroxylation is 1. The highest BCUT2D eigenvalue weighted by atomic mass is 16.5. The van der Waals surface area contributed by atoms with Crippen LogP contribution in [-0.2, 0) is 20.7 Å². The summed E-state index contributed by atoms with van der Waals surface area (Å²) in [5, 5.41) is 12.2. The van der Waals surface area contributed by atoms with E-state index in [4.69, 9.17) is 9.05 Å². The molecule has 0 radical (unpaired) electrons. The second kappa shape index (κ2) is 8.23. The minimum atomic E-state index is -0.860. The molecule has 0 saturated carbocycles. The van der Waals surface area contributed by atoms with Crippen molar-refractivity contribution in [1.29, 1.82) is 0 Å². The normalized spacial score (nSPS) is 11.9. The number of nitrogens with zero attached hydrogens (tertiary/aromatic N) is 3. The van der Waals surface area contributed by atoms with Crippen molar-refractivity contribution in [3.8, 4) is 0 Å². The molecule has 0 bridgehead atoms. The largest absolute Gasteiger partial charge is 0.467 e. The maximum Gasteiger partial charge on any atom is 0.328 e. The van der Waals surface area contributed by atoms with Crippen LogP contribution in [0.25, 0.3) is 0 Å². The molecule has 0 aliphatic heterocycles. The number of carbonyl (C=O) groups is 3. The molecular weight excluding hydrogens is 346 g/mol. The lowest BCUT2D eigenvalue weighted by Gasteiger charge is -2.18. The Labute approximate surface area is 148 Å². The summed E-state index contributed by atoms with van der Waals surface area (Å²) in [6, 6.07) is 0.688. The fourth-order valence-electron chi connectivity index (χ4n) is 2.00. The van der Waals surface area contributed by atoms with Gasteiger partial charge >= 0.3 is 17.8 Å². The van der Waals surface area contributed by atoms with Crippen molar-refractivity contribution in [1.82, 2.24) is 20.6 Å². The van der Waals surface area contributed by atoms with E-state index >= 15 is 0 Å². The third kappa shape index (κ3) is 4.88. The Morgan fingerprint density at radius 1 is 1.23 bits per heavy atom. The quantitative estimate of drug-likeness (QED) is 0.668. The van der Waals surface area contributed by atoms with E-state index in [1.54, 1.807) is 26.8 Å². The minimum absolute atomic E-state index is 0.00651. The van der Waals surface area contributed by atoms with Gasteiger partial charge in [-0.05, 0) is 12.8 Å². The van der Waals surface area contributed by atoms with Crippen molar-refractivity contribution < 1.29 is 28.2 Å². The Morgan fingerprint density at radius 2 is 1.96 bits per heavy atom. The zero-order valence-corrected chi connectivity index (χ0v) is 14.7. The summed E-state index contributed by atoms with van der Waals surface area (Å²) >= 11 is 0. The minimum Gasteiger partial charge on any atom is -0.467 e. The molecule has 26 heavy (non-hydrogen) atoms. The van der Waals surface area contributed by atoms with Gasteiger partial charge in [0.1, 0.15) is 11.8 Å². The molecule has 0 aliphatic rings. The summed E-state index contributed by atoms with van der Waals surface area (Å²) in [6.07, 6.45) is -0.229. The molecule has 2 rings (SSSR count). The molecule has 2 amide bonds. The summed E-state index contributed by atoms with van der Waals surface area (Å²) in [4.78, 5) is 39.5. The lowest BCUT2D eigenvalue weighted by Crippen LogP contribution is -2.45. The average molecular weight is 365 g/mol. The molecule has 1 atom stereocenters. The Hall–Kier alpha value is -3.24. The van der Waals surface area contributed by atoms with Crippen LogP contribution in [0.5, 0.6) is 0 Å². The molecule has 2 heterocycles. The average Bonchev–Trinajstić information content (AvgIpc) is 3.20. The Bertz CT molecular complexity index is 796. The molecule has 11 nitrogen and oxygen atoms in total. The third-order valence-electron chi connectivity index (χ3n) is 3.28. The molecular formula is C15H19N5O6. The van der Waals surface area contributed by atoms with Gasteiger partial charge in [0.25, 0.3) is 0 Å². The van der Waals surface area contributed by atoms with Gasteiger partial charge < -0.3 is 24.4 Å². The topological polar surface area (TPSA) is 149 Å². The highest BCUT2D eigenvalue weighted by Gasteiger charge is 2.28. The second-order valence-electron chi connectivity index (χ2n) is 5.78. The molecule has 11 heteroatoms. The summed E-state index contributed by atoms with van der Waals surface area (Å²) in [5.41, 5.74) is 0. The lowest BCUT2D eigenvalue weighted by molar-refractivity contribution is -0.144. The van der Waals surface area contributed by atoms with Gasteiger partial charge in [-0.2, -0.15) is 4.98 Å². The number of anilines is 1. The zero-order chi connectivity index (χ0) is 19.3. The fourth-order valence-corrected chi connectivity index (χ4v) is 2.00. The Kier molecular flexibility index (Phi) is 6.04. The van der Waals surface area contributed by atoms with E-state index in [-0.39, 0.29) is 29.9 Å². The van der Waals surface area contributed by atoms with Gasteiger partial charge in [-0.15, -0.1) is 0 Å². The standard InChI is InChI=1S/C15H19N5O6/c1-7(2)12(15(23)24-4)18-13(22)14-17-10(20-26-14)6-11(21)16-9-5-8(3)25-19-9/h5,7,12H,6H2,1-4H3,(H,18,22)(H,16,19,21)/t12-/m0/s1. The number of hydrogen-bond acceptors (Lipinski definition) is 9. The van der Waals surface area contributed by atoms with Gasteiger partial charge in [-0.25, -0.2) is 4.79 Å². The van der Waals surface area contributed by atoms with Crippen molar-refractivity contribution >= 4 is 23.6 Å². The monoisotopic (exact) mass is 365 g/mol. The third-order valence-corrected chi connectivity index (χ3v) is 3.28. The van der Waals surface area contributed by atoms with Crippen molar-refractivity contribution in [2.75, 3.05) is 12.4 Å². The number of carbonyl (C=O) groups excluding carboxylic acids is 3. The first-order chi connectivity index (χ1) is 12.3. The zero-order valence-electron chi connectivity index (χ0n) is 14.7. The molecule has 0 spiro atoms. The Morgan fingerprint density at radius 3 is 2.54 bits per heavy atom. The van der Waals surface area contributed by atoms with Crippen LogP contribution in [0.15, 0.2) is 15.1 Å². The number of rotatable bonds is 7. The first-order valence-corrected chi connectivity index (χ1v) is 7.74. The number of esters is 1. The number of ether oxygens (including phenoxy) is 1. The van der Waals surface area contributed by atoms with E-state index in [1.165, 1.54) is 7.11 Å². The smallest absolute Gasteiger partial charge is 0.328 e. The molecule has 0 unspecified atom stereocenters. The van der Waals surface area contributed by atoms with Crippen LogP contribution in [0.1, 0.15) is 36.1 Å². The number of hydrogen-bond donors (Lipinski definition) is 2. The molecule has 2 N–H and O–H groups in total. The highest BCUT2D eigenvalue weighted by Crippen LogP contribution is 2.09. The number of methoxy groups -OCH3 is 1. The molecule has 0 saturated heterocycles. The van der Waals surface area contributed by atoms with Gasteiger partial charge in [0.15, 0.2) is 11.6 Å². The van der Waals surface area contributed by atoms with E-state index < -0.39 is 23.8 Å². The first-order valence-electron chi connectivity index (χ1n) is 7.74. The number of nitrogens with one attached hydrogen (secondary N) is 2. The molecule has 2 aromatic rings. The maximum atomic E-state index is 12.1. The number of aromatic nitrogens is 3. The SMILES string of the molecule is COC(=O)[C@@H](NC(=O)c1nc(CC(=O)Nc2cc(C)on2)no1)C(C)C. The van der Waals surface area contributed by atoms with Crippen LogP contribution >= 0.6 is 0 Å². The van der Waals surface area contributed by atoms with Crippen molar-refractivity contribution in [2.24, 2.45) is 5.92 Å². The molecule has 0 fully saturated rings. The second-order valence-corrected chi connectivity index (χ2v) is 5.78. The van der Waals surface area contributed by atoms with Crippen molar-refractivity contribution in [3.05, 3.63) is 23.5 Å². The predicted molar refractivity (Wildman–Crippen MR) is 86.0 cm³/mol. The van der Waals surface area contributed by atoms with Gasteiger partial charge in [0.2, 0.25) is 5.91 Å². The van der Waals surface area contributed by atoms with E-state index in [1.807, 2.05) is 0 Å². The van der Waals surface area contributed by atoms with Crippen LogP contribution in [0.3, 0.4) is 0 Å². The summed E-state index contributed by atoms with van der Waals surface area (Å²) in [6.45, 7) is 5.18. The molecule has 0 aliphatic carbocycles. The van der Waals surface area contributed by atoms with Crippen LogP contribution in [0, 0.1) is 12.8 Å². The molecule has 140 valence electrons. The Balaban J connectivity index is 1.96. The van der Waals surface area contributed by atoms with Crippen molar-refractivity contribution in [2.45, 2.75) is 33.2 Å². The summed E-state index contributed by atoms with van der Waals surface area (Å²) in [5.74, 6) is -1.54. The van der Waals surface area contributed by atoms with Gasteiger partial charge in [-0.3, -0.25) is 9.59 Å². The van der Waals surface area contributed by atoms with Crippen molar-refractivity contribution in [3.63, 3.8) is 0 Å². The van der Waals surface area contributed by atoms with Gasteiger partial charge in [0.05, 0.1) is 13.5 Å². The van der Waals surface area contributed by atoms with E-state index in [0.717, 1.165) is 0 Å². The van der Waals surface area contributed by atoms with E-state index in [2.05, 4.69) is 30.7 Å².